The van der Waals surface area contributed by atoms with Crippen molar-refractivity contribution in [1.29, 1.82) is 0 Å². The van der Waals surface area contributed by atoms with E-state index in [0.717, 1.165) is 23.3 Å². The molecular weight excluding hydrogens is 566 g/mol. The van der Waals surface area contributed by atoms with E-state index in [0.29, 0.717) is 43.2 Å². The summed E-state index contributed by atoms with van der Waals surface area (Å²) >= 11 is 0. The van der Waals surface area contributed by atoms with Gasteiger partial charge in [0.05, 0.1) is 35.8 Å². The van der Waals surface area contributed by atoms with Crippen LogP contribution < -0.4 is 15.5 Å². The van der Waals surface area contributed by atoms with Gasteiger partial charge in [-0.05, 0) is 50.7 Å². The normalized spacial score (nSPS) is 19.5. The molecule has 43 heavy (non-hydrogen) atoms. The number of carbonyl (C=O) groups is 1. The van der Waals surface area contributed by atoms with Crippen LogP contribution in [0.2, 0.25) is 0 Å². The molecule has 2 fully saturated rings. The fourth-order valence-electron chi connectivity index (χ4n) is 6.04. The van der Waals surface area contributed by atoms with Crippen LogP contribution in [0.15, 0.2) is 61.7 Å². The molecule has 12 nitrogen and oxygen atoms in total. The summed E-state index contributed by atoms with van der Waals surface area (Å²) in [5.41, 5.74) is 3.21. The molecule has 1 aromatic carbocycles. The van der Waals surface area contributed by atoms with E-state index < -0.39 is 9.84 Å². The lowest BCUT2D eigenvalue weighted by Crippen LogP contribution is -2.36. The van der Waals surface area contributed by atoms with Crippen molar-refractivity contribution < 1.29 is 13.2 Å². The molecule has 0 bridgehead atoms. The van der Waals surface area contributed by atoms with E-state index in [9.17, 15) is 13.2 Å². The molecular formula is C30H37N9O3S. The molecule has 2 atom stereocenters. The first kappa shape index (κ1) is 28.8. The molecule has 2 N–H and O–H groups in total. The van der Waals surface area contributed by atoms with Crippen LogP contribution in [0, 0.1) is 5.92 Å². The van der Waals surface area contributed by atoms with Crippen molar-refractivity contribution in [3.8, 4) is 0 Å². The number of nitrogens with one attached hydrogen (secondary N) is 2. The van der Waals surface area contributed by atoms with Crippen LogP contribution in [0.4, 0.5) is 17.5 Å². The molecule has 0 aliphatic carbocycles. The van der Waals surface area contributed by atoms with Gasteiger partial charge < -0.3 is 20.1 Å². The Morgan fingerprint density at radius 1 is 1.12 bits per heavy atom. The lowest BCUT2D eigenvalue weighted by atomic mass is 9.88. The summed E-state index contributed by atoms with van der Waals surface area (Å²) < 4.78 is 28.3. The standard InChI is InChI=1S/C30H37N9O3S/c1-4-25(40)33-23-10-13-37(17-23)30-35-28(26-29(36-30)38(19-31-26)20(2)3)34-24-16-32-39(18-24)27(21-8-6-5-7-9-21)22-11-14-43(41,42)15-12-22/h4-9,16,18-20,22-23,27H,1,10-15,17H2,2-3H3,(H,33,40)(H,34,35,36)/t23-,27-/m0/s1. The zero-order chi connectivity index (χ0) is 30.1. The van der Waals surface area contributed by atoms with E-state index in [-0.39, 0.29) is 41.5 Å². The first-order chi connectivity index (χ1) is 20.7. The first-order valence-electron chi connectivity index (χ1n) is 14.7. The Kier molecular flexibility index (Phi) is 7.91. The Bertz CT molecular complexity index is 1720. The highest BCUT2D eigenvalue weighted by Crippen LogP contribution is 2.36. The van der Waals surface area contributed by atoms with Gasteiger partial charge in [-0.3, -0.25) is 9.48 Å². The Balaban J connectivity index is 1.31. The molecule has 5 heterocycles. The summed E-state index contributed by atoms with van der Waals surface area (Å²) in [6, 6.07) is 10.2. The van der Waals surface area contributed by atoms with Crippen LogP contribution in [0.1, 0.15) is 50.8 Å². The third-order valence-electron chi connectivity index (χ3n) is 8.30. The van der Waals surface area contributed by atoms with Crippen LogP contribution in [0.25, 0.3) is 11.2 Å². The maximum Gasteiger partial charge on any atom is 0.243 e. The van der Waals surface area contributed by atoms with Gasteiger partial charge in [-0.1, -0.05) is 36.9 Å². The fraction of sp³-hybridized carbons (Fsp3) is 0.433. The first-order valence-corrected chi connectivity index (χ1v) is 16.5. The third-order valence-corrected chi connectivity index (χ3v) is 10.0. The molecule has 226 valence electrons. The van der Waals surface area contributed by atoms with E-state index in [4.69, 9.17) is 15.1 Å². The van der Waals surface area contributed by atoms with Crippen molar-refractivity contribution in [2.75, 3.05) is 34.8 Å². The SMILES string of the molecule is C=CC(=O)N[C@H]1CCN(c2nc(Nc3cnn([C@@H](c4ccccc4)C4CCS(=O)(=O)CC4)c3)c3ncn(C(C)C)c3n2)C1. The van der Waals surface area contributed by atoms with Gasteiger partial charge in [0.1, 0.15) is 9.84 Å². The van der Waals surface area contributed by atoms with Crippen molar-refractivity contribution in [3.05, 3.63) is 67.3 Å². The van der Waals surface area contributed by atoms with Gasteiger partial charge in [-0.2, -0.15) is 15.1 Å². The summed E-state index contributed by atoms with van der Waals surface area (Å²) in [7, 11) is -2.99. The molecule has 0 radical (unpaired) electrons. The van der Waals surface area contributed by atoms with E-state index in [2.05, 4.69) is 53.1 Å². The van der Waals surface area contributed by atoms with E-state index >= 15 is 0 Å². The Morgan fingerprint density at radius 3 is 2.60 bits per heavy atom. The van der Waals surface area contributed by atoms with Gasteiger partial charge in [0, 0.05) is 31.4 Å². The van der Waals surface area contributed by atoms with Gasteiger partial charge >= 0.3 is 0 Å². The zero-order valence-electron chi connectivity index (χ0n) is 24.4. The topological polar surface area (TPSA) is 140 Å². The van der Waals surface area contributed by atoms with Crippen LogP contribution in [-0.4, -0.2) is 74.3 Å². The average molecular weight is 604 g/mol. The molecule has 6 rings (SSSR count). The van der Waals surface area contributed by atoms with Crippen LogP contribution >= 0.6 is 0 Å². The van der Waals surface area contributed by atoms with Crippen LogP contribution in [0.3, 0.4) is 0 Å². The highest BCUT2D eigenvalue weighted by molar-refractivity contribution is 7.91. The number of anilines is 3. The summed E-state index contributed by atoms with van der Waals surface area (Å²) in [6.07, 6.45) is 8.75. The maximum absolute atomic E-state index is 12.2. The molecule has 1 amide bonds. The second-order valence-electron chi connectivity index (χ2n) is 11.6. The predicted molar refractivity (Wildman–Crippen MR) is 166 cm³/mol. The predicted octanol–water partition coefficient (Wildman–Crippen LogP) is 3.64. The van der Waals surface area contributed by atoms with Crippen LogP contribution in [0.5, 0.6) is 0 Å². The summed E-state index contributed by atoms with van der Waals surface area (Å²) in [5, 5.41) is 11.2. The van der Waals surface area contributed by atoms with Crippen molar-refractivity contribution in [2.45, 2.75) is 51.2 Å². The molecule has 13 heteroatoms. The Labute approximate surface area is 251 Å². The second kappa shape index (κ2) is 11.8. The summed E-state index contributed by atoms with van der Waals surface area (Å²) in [5.74, 6) is 1.47. The van der Waals surface area contributed by atoms with Crippen LogP contribution in [-0.2, 0) is 14.6 Å². The number of aromatic nitrogens is 6. The lowest BCUT2D eigenvalue weighted by Gasteiger charge is -2.30. The van der Waals surface area contributed by atoms with E-state index in [1.165, 1.54) is 6.08 Å². The number of rotatable bonds is 9. The Hall–Kier alpha value is -4.26. The number of fused-ring (bicyclic) bond motifs is 1. The number of hydrogen-bond donors (Lipinski definition) is 2. The number of benzene rings is 1. The molecule has 4 aromatic rings. The number of sulfone groups is 1. The minimum Gasteiger partial charge on any atom is -0.348 e. The van der Waals surface area contributed by atoms with Gasteiger partial charge in [0.25, 0.3) is 0 Å². The van der Waals surface area contributed by atoms with Gasteiger partial charge in [0.15, 0.2) is 17.0 Å². The van der Waals surface area contributed by atoms with Crippen molar-refractivity contribution in [2.24, 2.45) is 5.92 Å². The fourth-order valence-corrected chi connectivity index (χ4v) is 7.57. The van der Waals surface area contributed by atoms with E-state index in [1.807, 2.05) is 33.6 Å². The summed E-state index contributed by atoms with van der Waals surface area (Å²) in [4.78, 5) is 28.4. The highest BCUT2D eigenvalue weighted by atomic mass is 32.2. The molecule has 2 saturated heterocycles. The largest absolute Gasteiger partial charge is 0.348 e. The molecule has 0 unspecified atom stereocenters. The second-order valence-corrected chi connectivity index (χ2v) is 13.9. The third kappa shape index (κ3) is 6.12. The molecule has 2 aliphatic heterocycles. The lowest BCUT2D eigenvalue weighted by molar-refractivity contribution is -0.117. The highest BCUT2D eigenvalue weighted by Gasteiger charge is 2.32. The molecule has 0 saturated carbocycles. The maximum atomic E-state index is 12.2. The number of amides is 1. The molecule has 2 aliphatic rings. The number of carbonyl (C=O) groups excluding carboxylic acids is 1. The van der Waals surface area contributed by atoms with Gasteiger partial charge in [0.2, 0.25) is 11.9 Å². The number of imidazole rings is 1. The number of hydrogen-bond acceptors (Lipinski definition) is 9. The molecule has 3 aromatic heterocycles. The minimum absolute atomic E-state index is 0.0147. The Morgan fingerprint density at radius 2 is 1.88 bits per heavy atom. The summed E-state index contributed by atoms with van der Waals surface area (Å²) in [6.45, 7) is 9.01. The smallest absolute Gasteiger partial charge is 0.243 e. The number of nitrogens with zero attached hydrogens (tertiary/aromatic N) is 7. The molecule has 0 spiro atoms. The van der Waals surface area contributed by atoms with Crippen molar-refractivity contribution >= 4 is 44.4 Å². The average Bonchev–Trinajstić information content (AvgIpc) is 3.75. The van der Waals surface area contributed by atoms with Crippen molar-refractivity contribution in [1.82, 2.24) is 34.6 Å². The quantitative estimate of drug-likeness (QED) is 0.274. The monoisotopic (exact) mass is 603 g/mol. The minimum atomic E-state index is -2.99. The van der Waals surface area contributed by atoms with E-state index in [1.54, 1.807) is 12.5 Å². The zero-order valence-corrected chi connectivity index (χ0v) is 25.2. The van der Waals surface area contributed by atoms with Gasteiger partial charge in [-0.25, -0.2) is 13.4 Å². The van der Waals surface area contributed by atoms with Crippen molar-refractivity contribution in [3.63, 3.8) is 0 Å². The van der Waals surface area contributed by atoms with Gasteiger partial charge in [-0.15, -0.1) is 0 Å².